The molecule has 0 N–H and O–H groups in total. The third-order valence-corrected chi connectivity index (χ3v) is 6.05. The van der Waals surface area contributed by atoms with Crippen molar-refractivity contribution in [3.8, 4) is 22.3 Å². The van der Waals surface area contributed by atoms with Crippen LogP contribution in [-0.4, -0.2) is 0 Å². The molecule has 0 bridgehead atoms. The molecule has 140 valence electrons. The van der Waals surface area contributed by atoms with Gasteiger partial charge in [-0.1, -0.05) is 115 Å². The lowest BCUT2D eigenvalue weighted by molar-refractivity contribution is 1.64. The van der Waals surface area contributed by atoms with Crippen LogP contribution in [0.15, 0.2) is 121 Å². The molecule has 0 saturated heterocycles. The molecule has 0 aliphatic rings. The first-order chi connectivity index (χ1) is 14.9. The van der Waals surface area contributed by atoms with Gasteiger partial charge in [0.2, 0.25) is 0 Å². The van der Waals surface area contributed by atoms with Crippen LogP contribution in [0.4, 0.5) is 0 Å². The largest absolute Gasteiger partial charge is 0.0622 e. The predicted octanol–water partition coefficient (Wildman–Crippen LogP) is 8.48. The molecular formula is C30H20. The first kappa shape index (κ1) is 17.0. The van der Waals surface area contributed by atoms with E-state index < -0.39 is 0 Å². The molecule has 30 heavy (non-hydrogen) atoms. The Morgan fingerprint density at radius 2 is 0.967 bits per heavy atom. The number of hydrogen-bond donors (Lipinski definition) is 0. The average Bonchev–Trinajstić information content (AvgIpc) is 2.84. The second kappa shape index (κ2) is 6.86. The van der Waals surface area contributed by atoms with E-state index in [1.807, 2.05) is 0 Å². The van der Waals surface area contributed by atoms with E-state index in [2.05, 4.69) is 121 Å². The Balaban J connectivity index is 1.84. The van der Waals surface area contributed by atoms with Crippen molar-refractivity contribution in [1.29, 1.82) is 0 Å². The highest BCUT2D eigenvalue weighted by Crippen LogP contribution is 2.42. The van der Waals surface area contributed by atoms with Gasteiger partial charge in [-0.05, 0) is 60.6 Å². The molecule has 0 heteroatoms. The summed E-state index contributed by atoms with van der Waals surface area (Å²) < 4.78 is 0. The zero-order chi connectivity index (χ0) is 19.9. The summed E-state index contributed by atoms with van der Waals surface area (Å²) in [5.74, 6) is 0. The number of benzene rings is 6. The normalized spacial score (nSPS) is 11.3. The fourth-order valence-electron chi connectivity index (χ4n) is 4.67. The zero-order valence-corrected chi connectivity index (χ0v) is 16.5. The molecule has 0 aliphatic heterocycles. The predicted molar refractivity (Wildman–Crippen MR) is 130 cm³/mol. The first-order valence-corrected chi connectivity index (χ1v) is 10.4. The summed E-state index contributed by atoms with van der Waals surface area (Å²) in [7, 11) is 0. The van der Waals surface area contributed by atoms with Crippen molar-refractivity contribution in [3.63, 3.8) is 0 Å². The van der Waals surface area contributed by atoms with Gasteiger partial charge in [0.25, 0.3) is 0 Å². The molecule has 0 radical (unpaired) electrons. The Labute approximate surface area is 176 Å². The van der Waals surface area contributed by atoms with Crippen molar-refractivity contribution in [1.82, 2.24) is 0 Å². The Bertz CT molecular complexity index is 1510. The molecule has 0 amide bonds. The minimum atomic E-state index is 1.25. The highest BCUT2D eigenvalue weighted by molar-refractivity contribution is 6.23. The zero-order valence-electron chi connectivity index (χ0n) is 16.5. The molecule has 0 fully saturated rings. The van der Waals surface area contributed by atoms with Crippen LogP contribution in [0.5, 0.6) is 0 Å². The van der Waals surface area contributed by atoms with E-state index in [0.717, 1.165) is 0 Å². The van der Waals surface area contributed by atoms with Gasteiger partial charge in [-0.25, -0.2) is 0 Å². The summed E-state index contributed by atoms with van der Waals surface area (Å²) in [6.45, 7) is 0. The van der Waals surface area contributed by atoms with Crippen molar-refractivity contribution < 1.29 is 0 Å². The Morgan fingerprint density at radius 1 is 0.333 bits per heavy atom. The second-order valence-corrected chi connectivity index (χ2v) is 7.77. The molecule has 6 aromatic rings. The number of rotatable bonds is 2. The highest BCUT2D eigenvalue weighted by atomic mass is 14.2. The monoisotopic (exact) mass is 380 g/mol. The lowest BCUT2D eigenvalue weighted by Crippen LogP contribution is -1.89. The van der Waals surface area contributed by atoms with E-state index >= 15 is 0 Å². The lowest BCUT2D eigenvalue weighted by Gasteiger charge is -2.16. The van der Waals surface area contributed by atoms with Crippen LogP contribution in [0, 0.1) is 0 Å². The quantitative estimate of drug-likeness (QED) is 0.264. The van der Waals surface area contributed by atoms with E-state index in [-0.39, 0.29) is 0 Å². The van der Waals surface area contributed by atoms with Crippen LogP contribution in [0.3, 0.4) is 0 Å². The number of hydrogen-bond acceptors (Lipinski definition) is 0. The fraction of sp³-hybridized carbons (Fsp3) is 0. The van der Waals surface area contributed by atoms with E-state index in [1.54, 1.807) is 0 Å². The van der Waals surface area contributed by atoms with E-state index in [9.17, 15) is 0 Å². The van der Waals surface area contributed by atoms with Crippen LogP contribution in [0.2, 0.25) is 0 Å². The van der Waals surface area contributed by atoms with Crippen molar-refractivity contribution >= 4 is 32.3 Å². The molecule has 0 nitrogen and oxygen atoms in total. The smallest absolute Gasteiger partial charge is 0.00204 e. The van der Waals surface area contributed by atoms with Gasteiger partial charge in [-0.3, -0.25) is 0 Å². The van der Waals surface area contributed by atoms with Gasteiger partial charge in [0.15, 0.2) is 0 Å². The number of fused-ring (bicyclic) bond motifs is 5. The Hall–Kier alpha value is -3.90. The molecule has 0 aromatic heterocycles. The second-order valence-electron chi connectivity index (χ2n) is 7.77. The van der Waals surface area contributed by atoms with Crippen molar-refractivity contribution in [2.45, 2.75) is 0 Å². The van der Waals surface area contributed by atoms with Gasteiger partial charge in [-0.2, -0.15) is 0 Å². The molecule has 0 atom stereocenters. The fourth-order valence-corrected chi connectivity index (χ4v) is 4.67. The average molecular weight is 380 g/mol. The minimum Gasteiger partial charge on any atom is -0.0622 e. The molecule has 0 aliphatic carbocycles. The third kappa shape index (κ3) is 2.62. The maximum absolute atomic E-state index is 2.39. The maximum Gasteiger partial charge on any atom is -0.00204 e. The Morgan fingerprint density at radius 3 is 1.73 bits per heavy atom. The van der Waals surface area contributed by atoms with Gasteiger partial charge in [0.05, 0.1) is 0 Å². The van der Waals surface area contributed by atoms with Crippen molar-refractivity contribution in [2.24, 2.45) is 0 Å². The van der Waals surface area contributed by atoms with Crippen LogP contribution in [0.25, 0.3) is 54.6 Å². The van der Waals surface area contributed by atoms with Crippen molar-refractivity contribution in [2.75, 3.05) is 0 Å². The SMILES string of the molecule is c1ccc(-c2cccc3c2c(-c2ccccc2)cc2c4ccccc4ccc32)cc1. The topological polar surface area (TPSA) is 0 Å². The standard InChI is InChI=1S/C30H20/c1-3-10-21(11-4-1)25-16-9-17-27-26-19-18-23-14-7-8-15-24(23)29(26)20-28(30(25)27)22-12-5-2-6-13-22/h1-20H. The molecular weight excluding hydrogens is 360 g/mol. The van der Waals surface area contributed by atoms with Gasteiger partial charge in [0.1, 0.15) is 0 Å². The summed E-state index contributed by atoms with van der Waals surface area (Å²) in [5, 5.41) is 7.82. The molecule has 6 aromatic carbocycles. The van der Waals surface area contributed by atoms with E-state index in [1.165, 1.54) is 54.6 Å². The molecule has 0 saturated carbocycles. The van der Waals surface area contributed by atoms with Crippen molar-refractivity contribution in [3.05, 3.63) is 121 Å². The molecule has 0 unspecified atom stereocenters. The van der Waals surface area contributed by atoms with Crippen LogP contribution in [0.1, 0.15) is 0 Å². The van der Waals surface area contributed by atoms with Gasteiger partial charge < -0.3 is 0 Å². The lowest BCUT2D eigenvalue weighted by atomic mass is 9.87. The summed E-state index contributed by atoms with van der Waals surface area (Å²) in [5.41, 5.74) is 5.07. The van der Waals surface area contributed by atoms with E-state index in [0.29, 0.717) is 0 Å². The third-order valence-electron chi connectivity index (χ3n) is 6.05. The molecule has 0 heterocycles. The van der Waals surface area contributed by atoms with Gasteiger partial charge in [0, 0.05) is 0 Å². The highest BCUT2D eigenvalue weighted by Gasteiger charge is 2.14. The van der Waals surface area contributed by atoms with Crippen LogP contribution < -0.4 is 0 Å². The van der Waals surface area contributed by atoms with Crippen LogP contribution >= 0.6 is 0 Å². The summed E-state index contributed by atoms with van der Waals surface area (Å²) in [6.07, 6.45) is 0. The van der Waals surface area contributed by atoms with E-state index in [4.69, 9.17) is 0 Å². The maximum atomic E-state index is 2.39. The van der Waals surface area contributed by atoms with Gasteiger partial charge in [-0.15, -0.1) is 0 Å². The Kier molecular flexibility index (Phi) is 3.89. The summed E-state index contributed by atoms with van der Waals surface area (Å²) >= 11 is 0. The summed E-state index contributed by atoms with van der Waals surface area (Å²) in [6, 6.07) is 43.8. The minimum absolute atomic E-state index is 1.25. The molecule has 6 rings (SSSR count). The first-order valence-electron chi connectivity index (χ1n) is 10.4. The molecule has 0 spiro atoms. The van der Waals surface area contributed by atoms with Gasteiger partial charge >= 0.3 is 0 Å². The summed E-state index contributed by atoms with van der Waals surface area (Å²) in [4.78, 5) is 0. The van der Waals surface area contributed by atoms with Crippen LogP contribution in [-0.2, 0) is 0 Å².